The highest BCUT2D eigenvalue weighted by molar-refractivity contribution is 7.89. The van der Waals surface area contributed by atoms with Gasteiger partial charge in [-0.15, -0.1) is 0 Å². The first-order valence-electron chi connectivity index (χ1n) is 10.8. The van der Waals surface area contributed by atoms with Crippen molar-refractivity contribution in [3.8, 4) is 0 Å². The summed E-state index contributed by atoms with van der Waals surface area (Å²) < 4.78 is 27.9. The monoisotopic (exact) mass is 453 g/mol. The number of hydrogen-bond acceptors (Lipinski definition) is 4. The molecule has 7 nitrogen and oxygen atoms in total. The zero-order chi connectivity index (χ0) is 22.9. The Bertz CT molecular complexity index is 1300. The highest BCUT2D eigenvalue weighted by Gasteiger charge is 2.33. The number of carbonyl (C=O) groups is 1. The summed E-state index contributed by atoms with van der Waals surface area (Å²) in [5.41, 5.74) is 2.24. The molecule has 1 amide bonds. The van der Waals surface area contributed by atoms with Gasteiger partial charge in [0.15, 0.2) is 0 Å². The molecule has 1 fully saturated rings. The zero-order valence-corrected chi connectivity index (χ0v) is 19.0. The Balaban J connectivity index is 1.49. The molecule has 1 atom stereocenters. The van der Waals surface area contributed by atoms with Crippen LogP contribution in [0.4, 0.5) is 5.69 Å². The summed E-state index contributed by atoms with van der Waals surface area (Å²) >= 11 is 0. The van der Waals surface area contributed by atoms with Crippen LogP contribution in [0.2, 0.25) is 0 Å². The second kappa shape index (κ2) is 8.88. The fraction of sp³-hybridized carbons (Fsp3) is 0.333. The van der Waals surface area contributed by atoms with Gasteiger partial charge in [0, 0.05) is 30.4 Å². The van der Waals surface area contributed by atoms with Gasteiger partial charge in [0.1, 0.15) is 0 Å². The van der Waals surface area contributed by atoms with Crippen LogP contribution in [0.15, 0.2) is 64.3 Å². The highest BCUT2D eigenvalue weighted by Crippen LogP contribution is 2.26. The van der Waals surface area contributed by atoms with Crippen molar-refractivity contribution in [2.75, 3.05) is 18.4 Å². The first kappa shape index (κ1) is 22.2. The molecule has 0 radical (unpaired) electrons. The maximum Gasteiger partial charge on any atom is 0.248 e. The van der Waals surface area contributed by atoms with Crippen molar-refractivity contribution >= 4 is 32.5 Å². The van der Waals surface area contributed by atoms with Crippen molar-refractivity contribution in [2.24, 2.45) is 5.92 Å². The van der Waals surface area contributed by atoms with E-state index in [1.54, 1.807) is 18.2 Å². The van der Waals surface area contributed by atoms with E-state index in [9.17, 15) is 18.0 Å². The standard InChI is InChI=1S/C24H27N3O4S/c1-16(2)17-5-8-20(9-6-17)25-24(29)19-4-3-13-27(15-19)32(30,31)21-10-11-22-18(14-21)7-12-23(28)26-22/h5-12,14,16,19H,3-4,13,15H2,1-2H3,(H,25,29)(H,26,28)/t19-/m1/s1. The van der Waals surface area contributed by atoms with Gasteiger partial charge in [-0.2, -0.15) is 4.31 Å². The molecule has 2 N–H and O–H groups in total. The molecular weight excluding hydrogens is 426 g/mol. The number of carbonyl (C=O) groups excluding carboxylic acids is 1. The van der Waals surface area contributed by atoms with Gasteiger partial charge in [-0.1, -0.05) is 26.0 Å². The third-order valence-corrected chi connectivity index (χ3v) is 7.79. The second-order valence-electron chi connectivity index (χ2n) is 8.54. The molecule has 0 spiro atoms. The van der Waals surface area contributed by atoms with Crippen LogP contribution in [-0.2, 0) is 14.8 Å². The van der Waals surface area contributed by atoms with Gasteiger partial charge in [-0.25, -0.2) is 8.42 Å². The molecule has 0 unspecified atom stereocenters. The molecule has 1 aromatic heterocycles. The van der Waals surface area contributed by atoms with Crippen molar-refractivity contribution in [2.45, 2.75) is 37.5 Å². The van der Waals surface area contributed by atoms with Crippen molar-refractivity contribution in [1.29, 1.82) is 0 Å². The van der Waals surface area contributed by atoms with Gasteiger partial charge in [0.2, 0.25) is 21.5 Å². The molecule has 2 heterocycles. The van der Waals surface area contributed by atoms with Crippen LogP contribution < -0.4 is 10.9 Å². The molecule has 0 saturated carbocycles. The summed E-state index contributed by atoms with van der Waals surface area (Å²) in [5.74, 6) is -0.175. The Labute approximate surface area is 187 Å². The SMILES string of the molecule is CC(C)c1ccc(NC(=O)[C@@H]2CCCN(S(=O)(=O)c3ccc4[nH]c(=O)ccc4c3)C2)cc1. The quantitative estimate of drug-likeness (QED) is 0.615. The molecule has 168 valence electrons. The Morgan fingerprint density at radius 2 is 1.84 bits per heavy atom. The van der Waals surface area contributed by atoms with E-state index in [0.717, 1.165) is 0 Å². The summed E-state index contributed by atoms with van der Waals surface area (Å²) in [4.78, 5) is 27.1. The number of anilines is 1. The number of piperidine rings is 1. The third-order valence-electron chi connectivity index (χ3n) is 5.93. The van der Waals surface area contributed by atoms with E-state index in [2.05, 4.69) is 24.1 Å². The molecule has 32 heavy (non-hydrogen) atoms. The van der Waals surface area contributed by atoms with Gasteiger partial charge >= 0.3 is 0 Å². The number of hydrogen-bond donors (Lipinski definition) is 2. The summed E-state index contributed by atoms with van der Waals surface area (Å²) in [6.07, 6.45) is 1.26. The number of sulfonamides is 1. The number of H-pyrrole nitrogens is 1. The van der Waals surface area contributed by atoms with E-state index >= 15 is 0 Å². The minimum absolute atomic E-state index is 0.141. The molecule has 3 aromatic rings. The largest absolute Gasteiger partial charge is 0.326 e. The second-order valence-corrected chi connectivity index (χ2v) is 10.5. The Hall–Kier alpha value is -2.97. The lowest BCUT2D eigenvalue weighted by molar-refractivity contribution is -0.120. The van der Waals surface area contributed by atoms with Crippen LogP contribution in [0.25, 0.3) is 10.9 Å². The summed E-state index contributed by atoms with van der Waals surface area (Å²) in [5, 5.41) is 3.57. The van der Waals surface area contributed by atoms with Crippen LogP contribution in [0.3, 0.4) is 0 Å². The van der Waals surface area contributed by atoms with Crippen molar-refractivity contribution in [3.63, 3.8) is 0 Å². The lowest BCUT2D eigenvalue weighted by Crippen LogP contribution is -2.43. The normalized spacial score (nSPS) is 17.5. The van der Waals surface area contributed by atoms with E-state index in [-0.39, 0.29) is 22.9 Å². The number of pyridine rings is 1. The highest BCUT2D eigenvalue weighted by atomic mass is 32.2. The number of rotatable bonds is 5. The molecule has 1 aliphatic rings. The van der Waals surface area contributed by atoms with Crippen molar-refractivity contribution in [1.82, 2.24) is 9.29 Å². The topological polar surface area (TPSA) is 99.3 Å². The fourth-order valence-electron chi connectivity index (χ4n) is 4.01. The predicted octanol–water partition coefficient (Wildman–Crippen LogP) is 3.69. The van der Waals surface area contributed by atoms with Crippen LogP contribution >= 0.6 is 0 Å². The Morgan fingerprint density at radius 1 is 1.09 bits per heavy atom. The summed E-state index contributed by atoms with van der Waals surface area (Å²) in [6.45, 7) is 4.74. The van der Waals surface area contributed by atoms with Gasteiger partial charge in [-0.3, -0.25) is 9.59 Å². The third kappa shape index (κ3) is 4.61. The number of amides is 1. The van der Waals surface area contributed by atoms with Crippen molar-refractivity contribution < 1.29 is 13.2 Å². The average Bonchev–Trinajstić information content (AvgIpc) is 2.79. The van der Waals surface area contributed by atoms with E-state index in [0.29, 0.717) is 41.9 Å². The molecule has 1 saturated heterocycles. The van der Waals surface area contributed by atoms with Crippen LogP contribution in [0, 0.1) is 5.92 Å². The number of aromatic nitrogens is 1. The first-order valence-corrected chi connectivity index (χ1v) is 12.2. The van der Waals surface area contributed by atoms with Gasteiger partial charge < -0.3 is 10.3 Å². The van der Waals surface area contributed by atoms with E-state index in [1.807, 2.05) is 24.3 Å². The fourth-order valence-corrected chi connectivity index (χ4v) is 5.57. The van der Waals surface area contributed by atoms with Gasteiger partial charge in [0.25, 0.3) is 0 Å². The molecule has 1 aliphatic heterocycles. The molecule has 2 aromatic carbocycles. The number of fused-ring (bicyclic) bond motifs is 1. The minimum atomic E-state index is -3.76. The number of nitrogens with zero attached hydrogens (tertiary/aromatic N) is 1. The van der Waals surface area contributed by atoms with E-state index < -0.39 is 15.9 Å². The molecule has 0 bridgehead atoms. The smallest absolute Gasteiger partial charge is 0.248 e. The van der Waals surface area contributed by atoms with Gasteiger partial charge in [0.05, 0.1) is 10.8 Å². The summed E-state index contributed by atoms with van der Waals surface area (Å²) in [7, 11) is -3.76. The summed E-state index contributed by atoms with van der Waals surface area (Å²) in [6, 6.07) is 15.4. The van der Waals surface area contributed by atoms with E-state index in [4.69, 9.17) is 0 Å². The maximum atomic E-state index is 13.2. The Kier molecular flexibility index (Phi) is 6.17. The van der Waals surface area contributed by atoms with Crippen LogP contribution in [-0.4, -0.2) is 36.7 Å². The molecule has 4 rings (SSSR count). The Morgan fingerprint density at radius 3 is 2.56 bits per heavy atom. The number of nitrogens with one attached hydrogen (secondary N) is 2. The zero-order valence-electron chi connectivity index (χ0n) is 18.2. The van der Waals surface area contributed by atoms with Gasteiger partial charge in [-0.05, 0) is 66.1 Å². The lowest BCUT2D eigenvalue weighted by atomic mass is 9.98. The minimum Gasteiger partial charge on any atom is -0.326 e. The van der Waals surface area contributed by atoms with Crippen molar-refractivity contribution in [3.05, 3.63) is 70.5 Å². The predicted molar refractivity (Wildman–Crippen MR) is 125 cm³/mol. The average molecular weight is 454 g/mol. The molecular formula is C24H27N3O4S. The molecule has 8 heteroatoms. The number of benzene rings is 2. The first-order chi connectivity index (χ1) is 15.2. The van der Waals surface area contributed by atoms with Crippen LogP contribution in [0.1, 0.15) is 38.2 Å². The van der Waals surface area contributed by atoms with E-state index in [1.165, 1.54) is 22.0 Å². The van der Waals surface area contributed by atoms with Crippen LogP contribution in [0.5, 0.6) is 0 Å². The molecule has 0 aliphatic carbocycles. The lowest BCUT2D eigenvalue weighted by Gasteiger charge is -2.31. The maximum absolute atomic E-state index is 13.2. The number of aromatic amines is 1.